The van der Waals surface area contributed by atoms with Crippen molar-refractivity contribution in [3.8, 4) is 0 Å². The Hall–Kier alpha value is -0.200. The third kappa shape index (κ3) is 1.90. The first kappa shape index (κ1) is 11.3. The van der Waals surface area contributed by atoms with Crippen LogP contribution in [0.1, 0.15) is 20.8 Å². The summed E-state index contributed by atoms with van der Waals surface area (Å²) in [5, 5.41) is 9.57. The van der Waals surface area contributed by atoms with Crippen LogP contribution in [0.15, 0.2) is 0 Å². The molecule has 15 heavy (non-hydrogen) atoms. The number of aliphatic hydroxyl groups excluding tert-OH is 1. The summed E-state index contributed by atoms with van der Waals surface area (Å²) in [5.74, 6) is -0.636. The minimum Gasteiger partial charge on any atom is -0.391 e. The van der Waals surface area contributed by atoms with Gasteiger partial charge in [0.05, 0.1) is 6.10 Å². The predicted octanol–water partition coefficient (Wildman–Crippen LogP) is 0.259. The van der Waals surface area contributed by atoms with Crippen LogP contribution in [-0.2, 0) is 18.9 Å². The molecule has 2 aliphatic heterocycles. The first-order chi connectivity index (χ1) is 6.94. The maximum Gasteiger partial charge on any atom is 0.186 e. The van der Waals surface area contributed by atoms with Crippen molar-refractivity contribution < 1.29 is 24.1 Å². The van der Waals surface area contributed by atoms with E-state index < -0.39 is 18.2 Å². The van der Waals surface area contributed by atoms with Gasteiger partial charge in [0.1, 0.15) is 18.3 Å². The molecule has 0 aliphatic carbocycles. The van der Waals surface area contributed by atoms with Crippen LogP contribution in [0, 0.1) is 0 Å². The molecule has 0 aromatic heterocycles. The van der Waals surface area contributed by atoms with E-state index in [9.17, 15) is 5.11 Å². The lowest BCUT2D eigenvalue weighted by molar-refractivity contribution is -0.235. The zero-order valence-electron chi connectivity index (χ0n) is 9.47. The van der Waals surface area contributed by atoms with Crippen molar-refractivity contribution in [3.05, 3.63) is 0 Å². The second-order valence-electron chi connectivity index (χ2n) is 4.51. The highest BCUT2D eigenvalue weighted by Gasteiger charge is 2.56. The highest BCUT2D eigenvalue weighted by molar-refractivity contribution is 4.96. The molecule has 0 saturated carbocycles. The first-order valence-electron chi connectivity index (χ1n) is 5.16. The topological polar surface area (TPSA) is 57.2 Å². The fourth-order valence-electron chi connectivity index (χ4n) is 2.17. The highest BCUT2D eigenvalue weighted by atomic mass is 16.8. The molecular weight excluding hydrogens is 200 g/mol. The molecule has 0 radical (unpaired) electrons. The molecule has 0 bridgehead atoms. The Bertz CT molecular complexity index is 240. The summed E-state index contributed by atoms with van der Waals surface area (Å²) in [7, 11) is 1.56. The van der Waals surface area contributed by atoms with E-state index in [1.54, 1.807) is 14.0 Å². The molecule has 2 saturated heterocycles. The molecule has 2 heterocycles. The number of ether oxygens (including phenoxy) is 4. The summed E-state index contributed by atoms with van der Waals surface area (Å²) in [5.41, 5.74) is 0. The number of hydrogen-bond donors (Lipinski definition) is 1. The highest BCUT2D eigenvalue weighted by Crippen LogP contribution is 2.39. The van der Waals surface area contributed by atoms with Crippen molar-refractivity contribution >= 4 is 0 Å². The van der Waals surface area contributed by atoms with E-state index in [1.165, 1.54) is 0 Å². The Morgan fingerprint density at radius 3 is 2.40 bits per heavy atom. The fourth-order valence-corrected chi connectivity index (χ4v) is 2.17. The zero-order valence-corrected chi connectivity index (χ0v) is 9.47. The smallest absolute Gasteiger partial charge is 0.186 e. The second kappa shape index (κ2) is 3.68. The molecule has 5 nitrogen and oxygen atoms in total. The van der Waals surface area contributed by atoms with Crippen molar-refractivity contribution in [2.45, 2.75) is 57.3 Å². The minimum atomic E-state index is -0.636. The zero-order chi connectivity index (χ0) is 11.2. The van der Waals surface area contributed by atoms with Crippen molar-refractivity contribution in [1.29, 1.82) is 0 Å². The van der Waals surface area contributed by atoms with Crippen molar-refractivity contribution in [3.63, 3.8) is 0 Å². The fraction of sp³-hybridized carbons (Fsp3) is 1.00. The van der Waals surface area contributed by atoms with Crippen LogP contribution in [0.5, 0.6) is 0 Å². The van der Waals surface area contributed by atoms with Gasteiger partial charge in [-0.2, -0.15) is 0 Å². The maximum atomic E-state index is 9.57. The van der Waals surface area contributed by atoms with Gasteiger partial charge in [0.15, 0.2) is 12.1 Å². The lowest BCUT2D eigenvalue weighted by Crippen LogP contribution is -2.36. The molecule has 0 amide bonds. The van der Waals surface area contributed by atoms with E-state index >= 15 is 0 Å². The van der Waals surface area contributed by atoms with Gasteiger partial charge in [-0.25, -0.2) is 0 Å². The van der Waals surface area contributed by atoms with Gasteiger partial charge in [-0.05, 0) is 20.8 Å². The Kier molecular flexibility index (Phi) is 2.77. The van der Waals surface area contributed by atoms with E-state index in [0.717, 1.165) is 0 Å². The summed E-state index contributed by atoms with van der Waals surface area (Å²) in [6.07, 6.45) is -1.97. The quantitative estimate of drug-likeness (QED) is 0.720. The average molecular weight is 218 g/mol. The van der Waals surface area contributed by atoms with Crippen molar-refractivity contribution in [1.82, 2.24) is 0 Å². The molecule has 2 fully saturated rings. The summed E-state index contributed by atoms with van der Waals surface area (Å²) >= 11 is 0. The standard InChI is InChI=1S/C10H18O5/c1-5(11)6-7-8(9(12-4)13-6)15-10(2,3)14-7/h5-9,11H,1-4H3/t5-,6+,7+,8+,9+/m0/s1. The van der Waals surface area contributed by atoms with Gasteiger partial charge >= 0.3 is 0 Å². The van der Waals surface area contributed by atoms with E-state index in [2.05, 4.69) is 0 Å². The molecule has 0 aromatic carbocycles. The Labute approximate surface area is 89.3 Å². The number of hydrogen-bond acceptors (Lipinski definition) is 5. The SMILES string of the molecule is CO[C@@H]1O[C@H]([C@H](C)O)[C@H]2OC(C)(C)O[C@@H]12. The van der Waals surface area contributed by atoms with E-state index in [0.29, 0.717) is 0 Å². The Morgan fingerprint density at radius 1 is 1.27 bits per heavy atom. The molecule has 5 heteroatoms. The van der Waals surface area contributed by atoms with Crippen LogP contribution in [0.4, 0.5) is 0 Å². The van der Waals surface area contributed by atoms with E-state index in [-0.39, 0.29) is 18.3 Å². The molecular formula is C10H18O5. The van der Waals surface area contributed by atoms with Crippen LogP contribution in [0.3, 0.4) is 0 Å². The van der Waals surface area contributed by atoms with Gasteiger partial charge in [0.25, 0.3) is 0 Å². The average Bonchev–Trinajstić information content (AvgIpc) is 2.57. The number of methoxy groups -OCH3 is 1. The third-order valence-electron chi connectivity index (χ3n) is 2.75. The molecule has 0 aromatic rings. The van der Waals surface area contributed by atoms with Crippen LogP contribution in [-0.4, -0.2) is 48.7 Å². The van der Waals surface area contributed by atoms with Crippen molar-refractivity contribution in [2.24, 2.45) is 0 Å². The molecule has 0 unspecified atom stereocenters. The van der Waals surface area contributed by atoms with E-state index in [4.69, 9.17) is 18.9 Å². The molecule has 2 rings (SSSR count). The number of aliphatic hydroxyl groups is 1. The summed E-state index contributed by atoms with van der Waals surface area (Å²) in [6, 6.07) is 0. The van der Waals surface area contributed by atoms with Crippen LogP contribution < -0.4 is 0 Å². The van der Waals surface area contributed by atoms with Gasteiger partial charge in [-0.3, -0.25) is 0 Å². The van der Waals surface area contributed by atoms with Crippen LogP contribution in [0.2, 0.25) is 0 Å². The monoisotopic (exact) mass is 218 g/mol. The maximum absolute atomic E-state index is 9.57. The summed E-state index contributed by atoms with van der Waals surface area (Å²) in [4.78, 5) is 0. The lowest BCUT2D eigenvalue weighted by atomic mass is 10.1. The van der Waals surface area contributed by atoms with Gasteiger partial charge in [0, 0.05) is 7.11 Å². The van der Waals surface area contributed by atoms with Gasteiger partial charge in [-0.15, -0.1) is 0 Å². The number of rotatable bonds is 2. The Morgan fingerprint density at radius 2 is 1.87 bits per heavy atom. The normalized spacial score (nSPS) is 45.4. The predicted molar refractivity (Wildman–Crippen MR) is 51.2 cm³/mol. The van der Waals surface area contributed by atoms with E-state index in [1.807, 2.05) is 13.8 Å². The molecule has 5 atom stereocenters. The van der Waals surface area contributed by atoms with Crippen LogP contribution in [0.25, 0.3) is 0 Å². The largest absolute Gasteiger partial charge is 0.391 e. The minimum absolute atomic E-state index is 0.259. The third-order valence-corrected chi connectivity index (χ3v) is 2.75. The van der Waals surface area contributed by atoms with Gasteiger partial charge < -0.3 is 24.1 Å². The molecule has 88 valence electrons. The van der Waals surface area contributed by atoms with Gasteiger partial charge in [0.2, 0.25) is 0 Å². The van der Waals surface area contributed by atoms with Gasteiger partial charge in [-0.1, -0.05) is 0 Å². The summed E-state index contributed by atoms with van der Waals surface area (Å²) < 4.78 is 22.0. The second-order valence-corrected chi connectivity index (χ2v) is 4.51. The molecule has 0 spiro atoms. The molecule has 2 aliphatic rings. The number of fused-ring (bicyclic) bond motifs is 1. The Balaban J connectivity index is 2.15. The lowest BCUT2D eigenvalue weighted by Gasteiger charge is -2.24. The summed E-state index contributed by atoms with van der Waals surface area (Å²) in [6.45, 7) is 5.36. The van der Waals surface area contributed by atoms with Crippen LogP contribution >= 0.6 is 0 Å². The molecule has 1 N–H and O–H groups in total. The van der Waals surface area contributed by atoms with Crippen molar-refractivity contribution in [2.75, 3.05) is 7.11 Å². The first-order valence-corrected chi connectivity index (χ1v) is 5.16.